The zero-order valence-corrected chi connectivity index (χ0v) is 17.1. The van der Waals surface area contributed by atoms with Crippen LogP contribution >= 0.6 is 12.2 Å². The molecule has 0 aromatic heterocycles. The van der Waals surface area contributed by atoms with Crippen molar-refractivity contribution in [3.8, 4) is 11.5 Å². The standard InChI is InChI=1S/C23H23N3O2S/c1-17(19-9-5-3-6-10-19)28-21-14-13-18(15-22(21)27-2)16-24-26-23(29)25-20-11-7-4-8-12-20/h3-17H,1-2H3,(H2,25,26,29). The van der Waals surface area contributed by atoms with Crippen molar-refractivity contribution in [2.45, 2.75) is 13.0 Å². The average Bonchev–Trinajstić information content (AvgIpc) is 2.76. The predicted molar refractivity (Wildman–Crippen MR) is 122 cm³/mol. The Hall–Kier alpha value is -3.38. The summed E-state index contributed by atoms with van der Waals surface area (Å²) in [6.45, 7) is 2.01. The molecule has 29 heavy (non-hydrogen) atoms. The first-order valence-electron chi connectivity index (χ1n) is 9.20. The molecule has 0 aliphatic rings. The number of thiocarbonyl (C=S) groups is 1. The molecule has 0 saturated heterocycles. The van der Waals surface area contributed by atoms with Crippen molar-refractivity contribution in [1.29, 1.82) is 0 Å². The molecule has 3 aromatic rings. The summed E-state index contributed by atoms with van der Waals surface area (Å²) in [6.07, 6.45) is 1.58. The summed E-state index contributed by atoms with van der Waals surface area (Å²) >= 11 is 5.23. The zero-order chi connectivity index (χ0) is 20.5. The van der Waals surface area contributed by atoms with E-state index in [2.05, 4.69) is 15.8 Å². The molecule has 0 aliphatic carbocycles. The Balaban J connectivity index is 1.60. The van der Waals surface area contributed by atoms with Crippen LogP contribution < -0.4 is 20.2 Å². The Morgan fingerprint density at radius 2 is 1.66 bits per heavy atom. The van der Waals surface area contributed by atoms with Gasteiger partial charge in [-0.05, 0) is 60.6 Å². The van der Waals surface area contributed by atoms with E-state index in [1.165, 1.54) is 0 Å². The molecular formula is C23H23N3O2S. The summed E-state index contributed by atoms with van der Waals surface area (Å²) in [5, 5.41) is 7.65. The highest BCUT2D eigenvalue weighted by Gasteiger charge is 2.11. The maximum absolute atomic E-state index is 6.07. The van der Waals surface area contributed by atoms with Crippen LogP contribution in [0.3, 0.4) is 0 Å². The van der Waals surface area contributed by atoms with E-state index in [0.29, 0.717) is 16.6 Å². The van der Waals surface area contributed by atoms with Crippen molar-refractivity contribution < 1.29 is 9.47 Å². The number of para-hydroxylation sites is 1. The van der Waals surface area contributed by atoms with Gasteiger partial charge in [0.05, 0.1) is 13.3 Å². The number of nitrogens with one attached hydrogen (secondary N) is 2. The van der Waals surface area contributed by atoms with Crippen molar-refractivity contribution in [2.75, 3.05) is 12.4 Å². The molecule has 5 nitrogen and oxygen atoms in total. The highest BCUT2D eigenvalue weighted by molar-refractivity contribution is 7.80. The van der Waals surface area contributed by atoms with Gasteiger partial charge in [0.25, 0.3) is 0 Å². The second-order valence-corrected chi connectivity index (χ2v) is 6.68. The molecule has 0 heterocycles. The lowest BCUT2D eigenvalue weighted by atomic mass is 10.1. The van der Waals surface area contributed by atoms with E-state index in [9.17, 15) is 0 Å². The van der Waals surface area contributed by atoms with Crippen molar-refractivity contribution in [2.24, 2.45) is 5.10 Å². The van der Waals surface area contributed by atoms with Gasteiger partial charge in [-0.2, -0.15) is 5.10 Å². The number of methoxy groups -OCH3 is 1. The van der Waals surface area contributed by atoms with Gasteiger partial charge in [0.2, 0.25) is 0 Å². The van der Waals surface area contributed by atoms with Gasteiger partial charge < -0.3 is 14.8 Å². The van der Waals surface area contributed by atoms with Crippen LogP contribution in [-0.4, -0.2) is 18.4 Å². The third kappa shape index (κ3) is 6.05. The first kappa shape index (κ1) is 20.4. The van der Waals surface area contributed by atoms with Crippen LogP contribution in [-0.2, 0) is 0 Å². The number of nitrogens with zero attached hydrogens (tertiary/aromatic N) is 1. The van der Waals surface area contributed by atoms with Gasteiger partial charge >= 0.3 is 0 Å². The highest BCUT2D eigenvalue weighted by Crippen LogP contribution is 2.31. The van der Waals surface area contributed by atoms with Crippen LogP contribution in [0.2, 0.25) is 0 Å². The molecule has 0 amide bonds. The van der Waals surface area contributed by atoms with Crippen molar-refractivity contribution in [3.05, 3.63) is 90.0 Å². The molecule has 0 spiro atoms. The number of hydrazone groups is 1. The van der Waals surface area contributed by atoms with Crippen LogP contribution in [0.5, 0.6) is 11.5 Å². The van der Waals surface area contributed by atoms with Gasteiger partial charge in [-0.15, -0.1) is 0 Å². The smallest absolute Gasteiger partial charge is 0.191 e. The summed E-state index contributed by atoms with van der Waals surface area (Å²) < 4.78 is 11.6. The fourth-order valence-corrected chi connectivity index (χ4v) is 2.86. The predicted octanol–water partition coefficient (Wildman–Crippen LogP) is 5.16. The maximum atomic E-state index is 6.07. The Morgan fingerprint density at radius 3 is 2.34 bits per heavy atom. The van der Waals surface area contributed by atoms with E-state index in [1.54, 1.807) is 13.3 Å². The molecule has 1 unspecified atom stereocenters. The molecule has 0 radical (unpaired) electrons. The van der Waals surface area contributed by atoms with Crippen LogP contribution in [0.25, 0.3) is 0 Å². The summed E-state index contributed by atoms with van der Waals surface area (Å²) in [5.74, 6) is 1.32. The molecule has 3 aromatic carbocycles. The normalized spacial score (nSPS) is 11.7. The van der Waals surface area contributed by atoms with Gasteiger partial charge in [0, 0.05) is 5.69 Å². The van der Waals surface area contributed by atoms with Crippen LogP contribution in [0.15, 0.2) is 84.0 Å². The number of hydrogen-bond acceptors (Lipinski definition) is 4. The minimum absolute atomic E-state index is 0.0901. The monoisotopic (exact) mass is 405 g/mol. The molecule has 148 valence electrons. The summed E-state index contributed by atoms with van der Waals surface area (Å²) in [6, 6.07) is 25.4. The van der Waals surface area contributed by atoms with Crippen molar-refractivity contribution in [1.82, 2.24) is 5.43 Å². The maximum Gasteiger partial charge on any atom is 0.191 e. The van der Waals surface area contributed by atoms with Gasteiger partial charge in [-0.1, -0.05) is 48.5 Å². The molecule has 1 atom stereocenters. The Kier molecular flexibility index (Phi) is 7.19. The third-order valence-corrected chi connectivity index (χ3v) is 4.37. The number of anilines is 1. The topological polar surface area (TPSA) is 54.9 Å². The fraction of sp³-hybridized carbons (Fsp3) is 0.130. The van der Waals surface area contributed by atoms with Crippen molar-refractivity contribution in [3.63, 3.8) is 0 Å². The van der Waals surface area contributed by atoms with E-state index < -0.39 is 0 Å². The number of ether oxygens (including phenoxy) is 2. The molecule has 6 heteroatoms. The first-order chi connectivity index (χ1) is 14.2. The molecular weight excluding hydrogens is 382 g/mol. The van der Waals surface area contributed by atoms with Gasteiger partial charge in [0.15, 0.2) is 16.6 Å². The quantitative estimate of drug-likeness (QED) is 0.323. The lowest BCUT2D eigenvalue weighted by molar-refractivity contribution is 0.216. The highest BCUT2D eigenvalue weighted by atomic mass is 32.1. The van der Waals surface area contributed by atoms with Crippen LogP contribution in [0.1, 0.15) is 24.2 Å². The molecule has 0 bridgehead atoms. The molecule has 0 aliphatic heterocycles. The largest absolute Gasteiger partial charge is 0.493 e. The minimum Gasteiger partial charge on any atom is -0.493 e. The first-order valence-corrected chi connectivity index (χ1v) is 9.61. The van der Waals surface area contributed by atoms with E-state index in [1.807, 2.05) is 85.8 Å². The lowest BCUT2D eigenvalue weighted by Gasteiger charge is -2.17. The van der Waals surface area contributed by atoms with E-state index >= 15 is 0 Å². The van der Waals surface area contributed by atoms with Gasteiger partial charge in [-0.25, -0.2) is 0 Å². The third-order valence-electron chi connectivity index (χ3n) is 4.17. The lowest BCUT2D eigenvalue weighted by Crippen LogP contribution is -2.23. The summed E-state index contributed by atoms with van der Waals surface area (Å²) in [4.78, 5) is 0. The minimum atomic E-state index is -0.0901. The second-order valence-electron chi connectivity index (χ2n) is 6.27. The van der Waals surface area contributed by atoms with E-state index in [4.69, 9.17) is 21.7 Å². The molecule has 2 N–H and O–H groups in total. The Bertz CT molecular complexity index is 962. The summed E-state index contributed by atoms with van der Waals surface area (Å²) in [5.41, 5.74) is 5.66. The molecule has 3 rings (SSSR count). The van der Waals surface area contributed by atoms with Gasteiger partial charge in [0.1, 0.15) is 6.10 Å². The van der Waals surface area contributed by atoms with Gasteiger partial charge in [-0.3, -0.25) is 5.43 Å². The van der Waals surface area contributed by atoms with Crippen LogP contribution in [0.4, 0.5) is 5.69 Å². The number of hydrogen-bond donors (Lipinski definition) is 2. The Labute approximate surface area is 176 Å². The zero-order valence-electron chi connectivity index (χ0n) is 16.3. The average molecular weight is 406 g/mol. The molecule has 0 saturated carbocycles. The number of benzene rings is 3. The van der Waals surface area contributed by atoms with Crippen molar-refractivity contribution >= 4 is 29.2 Å². The number of rotatable bonds is 7. The fourth-order valence-electron chi connectivity index (χ4n) is 2.69. The summed E-state index contributed by atoms with van der Waals surface area (Å²) in [7, 11) is 1.62. The SMILES string of the molecule is COc1cc(C=NNC(=S)Nc2ccccc2)ccc1OC(C)c1ccccc1. The second kappa shape index (κ2) is 10.2. The van der Waals surface area contributed by atoms with Crippen LogP contribution in [0, 0.1) is 0 Å². The Morgan fingerprint density at radius 1 is 0.966 bits per heavy atom. The van der Waals surface area contributed by atoms with E-state index in [-0.39, 0.29) is 6.10 Å². The van der Waals surface area contributed by atoms with E-state index in [0.717, 1.165) is 16.8 Å². The molecule has 0 fully saturated rings.